The van der Waals surface area contributed by atoms with E-state index < -0.39 is 0 Å². The lowest BCUT2D eigenvalue weighted by Crippen LogP contribution is -2.57. The van der Waals surface area contributed by atoms with E-state index in [1.165, 1.54) is 0 Å². The van der Waals surface area contributed by atoms with Crippen molar-refractivity contribution < 1.29 is 0 Å². The van der Waals surface area contributed by atoms with Crippen molar-refractivity contribution in [1.82, 2.24) is 15.3 Å². The summed E-state index contributed by atoms with van der Waals surface area (Å²) in [4.78, 5) is 10.7. The molecule has 1 fully saturated rings. The van der Waals surface area contributed by atoms with Crippen molar-refractivity contribution >= 4 is 23.3 Å². The zero-order valence-corrected chi connectivity index (χ0v) is 12.4. The molecule has 22 heavy (non-hydrogen) atoms. The van der Waals surface area contributed by atoms with Crippen LogP contribution in [-0.2, 0) is 0 Å². The Morgan fingerprint density at radius 1 is 1.32 bits per heavy atom. The first kappa shape index (κ1) is 14.2. The molecule has 1 aliphatic heterocycles. The van der Waals surface area contributed by atoms with Crippen molar-refractivity contribution in [2.45, 2.75) is 6.04 Å². The largest absolute Gasteiger partial charge is 0.368 e. The van der Waals surface area contributed by atoms with Crippen molar-refractivity contribution in [3.05, 3.63) is 35.9 Å². The van der Waals surface area contributed by atoms with Gasteiger partial charge in [0.1, 0.15) is 11.6 Å². The fourth-order valence-electron chi connectivity index (χ4n) is 2.36. The molecule has 0 saturated carbocycles. The summed E-state index contributed by atoms with van der Waals surface area (Å²) in [5.74, 6) is 4.35. The molecule has 6 nitrogen and oxygen atoms in total. The van der Waals surface area contributed by atoms with Crippen LogP contribution in [0.5, 0.6) is 0 Å². The number of nitrogens with one attached hydrogen (secondary N) is 2. The Labute approximate surface area is 129 Å². The fourth-order valence-corrected chi connectivity index (χ4v) is 2.36. The highest BCUT2D eigenvalue weighted by Gasteiger charge is 2.26. The fraction of sp³-hybridized carbons (Fsp3) is 0.250. The van der Waals surface area contributed by atoms with E-state index in [4.69, 9.17) is 12.2 Å². The Morgan fingerprint density at radius 2 is 2.14 bits per heavy atom. The van der Waals surface area contributed by atoms with E-state index in [9.17, 15) is 0 Å². The van der Waals surface area contributed by atoms with Crippen molar-refractivity contribution in [2.75, 3.05) is 36.1 Å². The number of rotatable bonds is 4. The van der Waals surface area contributed by atoms with Crippen LogP contribution < -0.4 is 21.3 Å². The topological polar surface area (TPSA) is 79.1 Å². The second kappa shape index (κ2) is 5.92. The third-order valence-electron chi connectivity index (χ3n) is 3.65. The standard InChI is InChI=1S/C16H18N6/c1-3-11-5-4-6-12(7-11)19-14-8-15(21-16(17)20-14)22-9-13(10-22)18-2/h1,4-8,13,18H,9-10H2,2H3,(H3,17,19,20,21). The minimum atomic E-state index is 0.251. The molecule has 0 unspecified atom stereocenters. The van der Waals surface area contributed by atoms with Gasteiger partial charge in [0.05, 0.1) is 0 Å². The Hall–Kier alpha value is -2.78. The molecule has 0 bridgehead atoms. The van der Waals surface area contributed by atoms with Gasteiger partial charge >= 0.3 is 0 Å². The third kappa shape index (κ3) is 2.95. The molecule has 1 aromatic heterocycles. The van der Waals surface area contributed by atoms with E-state index in [1.807, 2.05) is 37.4 Å². The zero-order valence-electron chi connectivity index (χ0n) is 12.4. The molecule has 1 aliphatic rings. The lowest BCUT2D eigenvalue weighted by Gasteiger charge is -2.40. The number of nitrogens with zero attached hydrogens (tertiary/aromatic N) is 3. The van der Waals surface area contributed by atoms with Gasteiger partial charge in [0.15, 0.2) is 0 Å². The smallest absolute Gasteiger partial charge is 0.223 e. The molecule has 2 aromatic rings. The average molecular weight is 294 g/mol. The normalized spacial score (nSPS) is 14.3. The number of aromatic nitrogens is 2. The van der Waals surface area contributed by atoms with E-state index in [2.05, 4.69) is 31.4 Å². The molecule has 3 rings (SSSR count). The maximum atomic E-state index is 5.82. The maximum absolute atomic E-state index is 5.82. The summed E-state index contributed by atoms with van der Waals surface area (Å²) in [5.41, 5.74) is 7.50. The quantitative estimate of drug-likeness (QED) is 0.735. The summed E-state index contributed by atoms with van der Waals surface area (Å²) in [6.07, 6.45) is 5.42. The Morgan fingerprint density at radius 3 is 2.86 bits per heavy atom. The third-order valence-corrected chi connectivity index (χ3v) is 3.65. The van der Waals surface area contributed by atoms with Crippen molar-refractivity contribution in [3.63, 3.8) is 0 Å². The SMILES string of the molecule is C#Cc1cccc(Nc2cc(N3CC(NC)C3)nc(N)n2)c1. The molecule has 4 N–H and O–H groups in total. The molecule has 0 spiro atoms. The summed E-state index contributed by atoms with van der Waals surface area (Å²) >= 11 is 0. The van der Waals surface area contributed by atoms with Gasteiger partial charge in [0.25, 0.3) is 0 Å². The number of nitrogens with two attached hydrogens (primary N) is 1. The zero-order chi connectivity index (χ0) is 15.5. The summed E-state index contributed by atoms with van der Waals surface area (Å²) in [6.45, 7) is 1.83. The van der Waals surface area contributed by atoms with Gasteiger partial charge in [0, 0.05) is 36.4 Å². The van der Waals surface area contributed by atoms with Crippen molar-refractivity contribution in [1.29, 1.82) is 0 Å². The predicted molar refractivity (Wildman–Crippen MR) is 89.2 cm³/mol. The molecule has 0 radical (unpaired) electrons. The highest BCUT2D eigenvalue weighted by molar-refractivity contribution is 5.63. The van der Waals surface area contributed by atoms with Crippen molar-refractivity contribution in [2.24, 2.45) is 0 Å². The molecule has 1 aromatic carbocycles. The number of hydrogen-bond donors (Lipinski definition) is 3. The first-order chi connectivity index (χ1) is 10.7. The van der Waals surface area contributed by atoms with Crippen LogP contribution in [0.3, 0.4) is 0 Å². The maximum Gasteiger partial charge on any atom is 0.223 e. The molecule has 0 aliphatic carbocycles. The molecule has 0 atom stereocenters. The molecule has 0 amide bonds. The lowest BCUT2D eigenvalue weighted by atomic mass is 10.1. The van der Waals surface area contributed by atoms with Crippen molar-refractivity contribution in [3.8, 4) is 12.3 Å². The van der Waals surface area contributed by atoms with E-state index in [-0.39, 0.29) is 5.95 Å². The average Bonchev–Trinajstić information content (AvgIpc) is 2.46. The van der Waals surface area contributed by atoms with Gasteiger partial charge in [-0.1, -0.05) is 12.0 Å². The second-order valence-electron chi connectivity index (χ2n) is 5.21. The molecule has 2 heterocycles. The molecule has 6 heteroatoms. The lowest BCUT2D eigenvalue weighted by molar-refractivity contribution is 0.447. The summed E-state index contributed by atoms with van der Waals surface area (Å²) in [5, 5.41) is 6.45. The first-order valence-electron chi connectivity index (χ1n) is 7.08. The number of benzene rings is 1. The van der Waals surface area contributed by atoms with Gasteiger partial charge in [-0.3, -0.25) is 0 Å². The van der Waals surface area contributed by atoms with Crippen LogP contribution in [0.25, 0.3) is 0 Å². The van der Waals surface area contributed by atoms with E-state index in [1.54, 1.807) is 0 Å². The van der Waals surface area contributed by atoms with Gasteiger partial charge in [-0.15, -0.1) is 6.42 Å². The molecule has 1 saturated heterocycles. The highest BCUT2D eigenvalue weighted by Crippen LogP contribution is 2.24. The molecule has 112 valence electrons. The van der Waals surface area contributed by atoms with Crippen LogP contribution in [0.2, 0.25) is 0 Å². The van der Waals surface area contributed by atoms with Gasteiger partial charge in [-0.05, 0) is 25.2 Å². The Balaban J connectivity index is 1.79. The first-order valence-corrected chi connectivity index (χ1v) is 7.08. The van der Waals surface area contributed by atoms with Crippen LogP contribution >= 0.6 is 0 Å². The number of terminal acetylenes is 1. The monoisotopic (exact) mass is 294 g/mol. The van der Waals surface area contributed by atoms with Gasteiger partial charge in [0.2, 0.25) is 5.95 Å². The number of hydrogen-bond acceptors (Lipinski definition) is 6. The van der Waals surface area contributed by atoms with Crippen LogP contribution in [0.4, 0.5) is 23.3 Å². The Bertz CT molecular complexity index is 715. The molecular formula is C16H18N6. The van der Waals surface area contributed by atoms with E-state index in [0.29, 0.717) is 11.9 Å². The number of nitrogen functional groups attached to an aromatic ring is 1. The second-order valence-corrected chi connectivity index (χ2v) is 5.21. The summed E-state index contributed by atoms with van der Waals surface area (Å²) < 4.78 is 0. The van der Waals surface area contributed by atoms with Gasteiger partial charge < -0.3 is 21.3 Å². The van der Waals surface area contributed by atoms with Crippen LogP contribution in [0.1, 0.15) is 5.56 Å². The minimum Gasteiger partial charge on any atom is -0.368 e. The number of likely N-dealkylation sites (N-methyl/N-ethyl adjacent to an activating group) is 1. The minimum absolute atomic E-state index is 0.251. The van der Waals surface area contributed by atoms with Crippen LogP contribution in [-0.4, -0.2) is 36.1 Å². The van der Waals surface area contributed by atoms with Crippen LogP contribution in [0, 0.1) is 12.3 Å². The van der Waals surface area contributed by atoms with Crippen LogP contribution in [0.15, 0.2) is 30.3 Å². The molecular weight excluding hydrogens is 276 g/mol. The van der Waals surface area contributed by atoms with E-state index >= 15 is 0 Å². The number of anilines is 4. The van der Waals surface area contributed by atoms with Gasteiger partial charge in [-0.2, -0.15) is 9.97 Å². The summed E-state index contributed by atoms with van der Waals surface area (Å²) in [6, 6.07) is 9.99. The highest BCUT2D eigenvalue weighted by atomic mass is 15.3. The van der Waals surface area contributed by atoms with E-state index in [0.717, 1.165) is 30.2 Å². The summed E-state index contributed by atoms with van der Waals surface area (Å²) in [7, 11) is 1.96. The Kier molecular flexibility index (Phi) is 3.81. The van der Waals surface area contributed by atoms with Gasteiger partial charge in [-0.25, -0.2) is 0 Å². The predicted octanol–water partition coefficient (Wildman–Crippen LogP) is 1.19.